The second-order valence-electron chi connectivity index (χ2n) is 7.68. The standard InChI is InChI=1S/C20H28N2O4/c1-15(2)8-11-22-14-20(26-19(22)24)9-12-21(13-10-20)18(23)16-4-6-17(25-3)7-5-16/h4-7,15H,8-14H2,1-3H3. The molecule has 0 unspecified atom stereocenters. The first kappa shape index (κ1) is 18.5. The number of piperidine rings is 1. The van der Waals surface area contributed by atoms with Gasteiger partial charge in [-0.3, -0.25) is 4.79 Å². The second kappa shape index (κ2) is 7.56. The maximum atomic E-state index is 12.7. The van der Waals surface area contributed by atoms with E-state index in [1.807, 2.05) is 9.80 Å². The van der Waals surface area contributed by atoms with E-state index >= 15 is 0 Å². The smallest absolute Gasteiger partial charge is 0.410 e. The molecule has 2 amide bonds. The number of hydrogen-bond donors (Lipinski definition) is 0. The van der Waals surface area contributed by atoms with E-state index in [0.717, 1.165) is 18.7 Å². The summed E-state index contributed by atoms with van der Waals surface area (Å²) in [5.41, 5.74) is 0.230. The molecule has 0 radical (unpaired) electrons. The second-order valence-corrected chi connectivity index (χ2v) is 7.68. The largest absolute Gasteiger partial charge is 0.497 e. The van der Waals surface area contributed by atoms with E-state index in [9.17, 15) is 9.59 Å². The van der Waals surface area contributed by atoms with Crippen LogP contribution in [0, 0.1) is 5.92 Å². The Balaban J connectivity index is 1.56. The van der Waals surface area contributed by atoms with Crippen LogP contribution in [-0.4, -0.2) is 60.7 Å². The van der Waals surface area contributed by atoms with Crippen LogP contribution >= 0.6 is 0 Å². The molecule has 6 heteroatoms. The Hall–Kier alpha value is -2.24. The van der Waals surface area contributed by atoms with Gasteiger partial charge in [-0.25, -0.2) is 4.79 Å². The Labute approximate surface area is 155 Å². The SMILES string of the molecule is COc1ccc(C(=O)N2CCC3(CC2)CN(CCC(C)C)C(=O)O3)cc1. The number of rotatable bonds is 5. The van der Waals surface area contributed by atoms with Gasteiger partial charge in [0, 0.05) is 38.0 Å². The number of methoxy groups -OCH3 is 1. The monoisotopic (exact) mass is 360 g/mol. The number of carbonyl (C=O) groups excluding carboxylic acids is 2. The molecule has 6 nitrogen and oxygen atoms in total. The summed E-state index contributed by atoms with van der Waals surface area (Å²) in [6.45, 7) is 6.91. The molecule has 26 heavy (non-hydrogen) atoms. The number of nitrogens with zero attached hydrogens (tertiary/aromatic N) is 2. The van der Waals surface area contributed by atoms with Crippen molar-refractivity contribution in [1.29, 1.82) is 0 Å². The van der Waals surface area contributed by atoms with Crippen LogP contribution in [0.4, 0.5) is 4.79 Å². The summed E-state index contributed by atoms with van der Waals surface area (Å²) in [6, 6.07) is 7.16. The zero-order valence-electron chi connectivity index (χ0n) is 15.9. The summed E-state index contributed by atoms with van der Waals surface area (Å²) in [5, 5.41) is 0. The van der Waals surface area contributed by atoms with E-state index in [-0.39, 0.29) is 12.0 Å². The highest BCUT2D eigenvalue weighted by molar-refractivity contribution is 5.94. The zero-order chi connectivity index (χ0) is 18.7. The van der Waals surface area contributed by atoms with Gasteiger partial charge >= 0.3 is 6.09 Å². The minimum atomic E-state index is -0.426. The van der Waals surface area contributed by atoms with Gasteiger partial charge in [0.25, 0.3) is 5.91 Å². The molecule has 0 aliphatic carbocycles. The van der Waals surface area contributed by atoms with Crippen LogP contribution in [0.15, 0.2) is 24.3 Å². The van der Waals surface area contributed by atoms with Crippen molar-refractivity contribution in [2.75, 3.05) is 33.3 Å². The van der Waals surface area contributed by atoms with Crippen LogP contribution in [0.25, 0.3) is 0 Å². The van der Waals surface area contributed by atoms with Crippen molar-refractivity contribution < 1.29 is 19.1 Å². The van der Waals surface area contributed by atoms with Crippen LogP contribution in [-0.2, 0) is 4.74 Å². The molecule has 2 aliphatic heterocycles. The number of ether oxygens (including phenoxy) is 2. The van der Waals surface area contributed by atoms with Gasteiger partial charge in [0.15, 0.2) is 0 Å². The van der Waals surface area contributed by atoms with Crippen LogP contribution in [0.2, 0.25) is 0 Å². The minimum Gasteiger partial charge on any atom is -0.497 e. The lowest BCUT2D eigenvalue weighted by atomic mass is 9.91. The summed E-state index contributed by atoms with van der Waals surface area (Å²) in [6.07, 6.45) is 2.16. The van der Waals surface area contributed by atoms with Gasteiger partial charge < -0.3 is 19.3 Å². The third-order valence-electron chi connectivity index (χ3n) is 5.32. The summed E-state index contributed by atoms with van der Waals surface area (Å²) in [4.78, 5) is 28.5. The molecule has 0 aromatic heterocycles. The number of benzene rings is 1. The molecular formula is C20H28N2O4. The molecule has 1 spiro atoms. The number of likely N-dealkylation sites (tertiary alicyclic amines) is 1. The van der Waals surface area contributed by atoms with Crippen LogP contribution in [0.1, 0.15) is 43.5 Å². The van der Waals surface area contributed by atoms with E-state index in [1.165, 1.54) is 0 Å². The van der Waals surface area contributed by atoms with E-state index in [2.05, 4.69) is 13.8 Å². The molecule has 1 aromatic rings. The summed E-state index contributed by atoms with van der Waals surface area (Å²) < 4.78 is 10.9. The molecule has 0 atom stereocenters. The molecule has 3 rings (SSSR count). The lowest BCUT2D eigenvalue weighted by Gasteiger charge is -2.37. The predicted octanol–water partition coefficient (Wildman–Crippen LogP) is 3.17. The molecule has 2 saturated heterocycles. The third-order valence-corrected chi connectivity index (χ3v) is 5.32. The number of hydrogen-bond acceptors (Lipinski definition) is 4. The normalized spacial score (nSPS) is 19.2. The van der Waals surface area contributed by atoms with E-state index in [1.54, 1.807) is 31.4 Å². The lowest BCUT2D eigenvalue weighted by Crippen LogP contribution is -2.48. The predicted molar refractivity (Wildman–Crippen MR) is 98.4 cm³/mol. The van der Waals surface area contributed by atoms with Crippen LogP contribution < -0.4 is 4.74 Å². The fourth-order valence-corrected chi connectivity index (χ4v) is 3.57. The van der Waals surface area contributed by atoms with Gasteiger partial charge in [-0.15, -0.1) is 0 Å². The molecule has 142 valence electrons. The lowest BCUT2D eigenvalue weighted by molar-refractivity contribution is 0.00313. The quantitative estimate of drug-likeness (QED) is 0.809. The van der Waals surface area contributed by atoms with Crippen LogP contribution in [0.3, 0.4) is 0 Å². The average Bonchev–Trinajstić information content (AvgIpc) is 2.95. The third kappa shape index (κ3) is 3.94. The van der Waals surface area contributed by atoms with Crippen molar-refractivity contribution in [1.82, 2.24) is 9.80 Å². The Morgan fingerprint density at radius 3 is 2.46 bits per heavy atom. The van der Waals surface area contributed by atoms with Gasteiger partial charge in [-0.05, 0) is 36.6 Å². The first-order chi connectivity index (χ1) is 12.4. The van der Waals surface area contributed by atoms with Crippen molar-refractivity contribution in [3.8, 4) is 5.75 Å². The Morgan fingerprint density at radius 2 is 1.88 bits per heavy atom. The Bertz CT molecular complexity index is 648. The minimum absolute atomic E-state index is 0.0171. The van der Waals surface area contributed by atoms with E-state index in [0.29, 0.717) is 44.0 Å². The number of carbonyl (C=O) groups is 2. The fourth-order valence-electron chi connectivity index (χ4n) is 3.57. The molecular weight excluding hydrogens is 332 g/mol. The highest BCUT2D eigenvalue weighted by atomic mass is 16.6. The molecule has 2 heterocycles. The van der Waals surface area contributed by atoms with Gasteiger partial charge in [0.05, 0.1) is 13.7 Å². The zero-order valence-corrected chi connectivity index (χ0v) is 15.9. The molecule has 2 aliphatic rings. The van der Waals surface area contributed by atoms with Crippen LogP contribution in [0.5, 0.6) is 5.75 Å². The fraction of sp³-hybridized carbons (Fsp3) is 0.600. The molecule has 2 fully saturated rings. The first-order valence-electron chi connectivity index (χ1n) is 9.34. The van der Waals surface area contributed by atoms with Gasteiger partial charge in [0.2, 0.25) is 0 Å². The summed E-state index contributed by atoms with van der Waals surface area (Å²) in [7, 11) is 1.61. The Morgan fingerprint density at radius 1 is 1.23 bits per heavy atom. The maximum absolute atomic E-state index is 12.7. The van der Waals surface area contributed by atoms with Crippen molar-refractivity contribution in [2.24, 2.45) is 5.92 Å². The average molecular weight is 360 g/mol. The van der Waals surface area contributed by atoms with Gasteiger partial charge in [0.1, 0.15) is 11.4 Å². The highest BCUT2D eigenvalue weighted by Crippen LogP contribution is 2.34. The van der Waals surface area contributed by atoms with Gasteiger partial charge in [-0.1, -0.05) is 13.8 Å². The maximum Gasteiger partial charge on any atom is 0.410 e. The molecule has 0 saturated carbocycles. The van der Waals surface area contributed by atoms with Crippen molar-refractivity contribution in [3.63, 3.8) is 0 Å². The number of amides is 2. The Kier molecular flexibility index (Phi) is 5.39. The molecule has 0 bridgehead atoms. The van der Waals surface area contributed by atoms with E-state index in [4.69, 9.17) is 9.47 Å². The van der Waals surface area contributed by atoms with Gasteiger partial charge in [-0.2, -0.15) is 0 Å². The summed E-state index contributed by atoms with van der Waals surface area (Å²) in [5.74, 6) is 1.31. The summed E-state index contributed by atoms with van der Waals surface area (Å²) >= 11 is 0. The van der Waals surface area contributed by atoms with Crippen molar-refractivity contribution in [2.45, 2.75) is 38.7 Å². The first-order valence-corrected chi connectivity index (χ1v) is 9.34. The topological polar surface area (TPSA) is 59.1 Å². The van der Waals surface area contributed by atoms with Crippen molar-refractivity contribution >= 4 is 12.0 Å². The van der Waals surface area contributed by atoms with E-state index < -0.39 is 5.60 Å². The highest BCUT2D eigenvalue weighted by Gasteiger charge is 2.47. The molecule has 0 N–H and O–H groups in total. The van der Waals surface area contributed by atoms with Crippen molar-refractivity contribution in [3.05, 3.63) is 29.8 Å². The molecule has 1 aromatic carbocycles.